The van der Waals surface area contributed by atoms with E-state index in [-0.39, 0.29) is 29.4 Å². The number of pyridine rings is 2. The van der Waals surface area contributed by atoms with Crippen LogP contribution in [0.2, 0.25) is 0 Å². The first-order valence-electron chi connectivity index (χ1n) is 10.6. The van der Waals surface area contributed by atoms with Crippen LogP contribution in [0.4, 0.5) is 0 Å². The van der Waals surface area contributed by atoms with Crippen molar-refractivity contribution >= 4 is 28.3 Å². The maximum absolute atomic E-state index is 13.4. The molecular weight excluding hydrogens is 424 g/mol. The summed E-state index contributed by atoms with van der Waals surface area (Å²) < 4.78 is 1.49. The fraction of sp³-hybridized carbons (Fsp3) is 0.250. The van der Waals surface area contributed by atoms with Crippen molar-refractivity contribution in [3.05, 3.63) is 86.2 Å². The van der Waals surface area contributed by atoms with E-state index < -0.39 is 11.5 Å². The zero-order chi connectivity index (χ0) is 22.1. The van der Waals surface area contributed by atoms with Crippen LogP contribution in [0.25, 0.3) is 11.0 Å². The first-order valence-corrected chi connectivity index (χ1v) is 11.5. The zero-order valence-corrected chi connectivity index (χ0v) is 18.1. The summed E-state index contributed by atoms with van der Waals surface area (Å²) in [4.78, 5) is 35.0. The number of benzene rings is 1. The molecule has 3 heterocycles. The van der Waals surface area contributed by atoms with Crippen molar-refractivity contribution in [1.82, 2.24) is 19.9 Å². The molecule has 0 saturated heterocycles. The molecular formula is C24H22N4O3S. The van der Waals surface area contributed by atoms with Gasteiger partial charge in [0.25, 0.3) is 11.5 Å². The number of carbonyl (C=O) groups excluding carboxylic acids is 1. The maximum Gasteiger partial charge on any atom is 0.268 e. The number of thiazole rings is 1. The van der Waals surface area contributed by atoms with Crippen molar-refractivity contribution < 1.29 is 9.90 Å². The van der Waals surface area contributed by atoms with Gasteiger partial charge in [-0.05, 0) is 42.9 Å². The van der Waals surface area contributed by atoms with Gasteiger partial charge in [-0.15, -0.1) is 11.3 Å². The Bertz CT molecular complexity index is 1330. The third-order valence-corrected chi connectivity index (χ3v) is 6.59. The van der Waals surface area contributed by atoms with Crippen LogP contribution in [0.3, 0.4) is 0 Å². The molecule has 1 amide bonds. The van der Waals surface area contributed by atoms with Gasteiger partial charge in [-0.3, -0.25) is 19.1 Å². The van der Waals surface area contributed by atoms with Gasteiger partial charge in [0.15, 0.2) is 5.75 Å². The number of fused-ring (bicyclic) bond motifs is 1. The third-order valence-electron chi connectivity index (χ3n) is 5.83. The fourth-order valence-electron chi connectivity index (χ4n) is 3.91. The van der Waals surface area contributed by atoms with Crippen LogP contribution < -0.4 is 10.9 Å². The predicted octanol–water partition coefficient (Wildman–Crippen LogP) is 3.48. The normalized spacial score (nSPS) is 13.8. The van der Waals surface area contributed by atoms with Gasteiger partial charge in [-0.2, -0.15) is 0 Å². The molecule has 162 valence electrons. The number of aromatic hydroxyl groups is 1. The van der Waals surface area contributed by atoms with Crippen LogP contribution in [0.5, 0.6) is 5.75 Å². The van der Waals surface area contributed by atoms with Gasteiger partial charge >= 0.3 is 0 Å². The molecule has 8 heteroatoms. The monoisotopic (exact) mass is 446 g/mol. The topological polar surface area (TPSA) is 97.1 Å². The Hall–Kier alpha value is -3.52. The highest BCUT2D eigenvalue weighted by atomic mass is 32.1. The summed E-state index contributed by atoms with van der Waals surface area (Å²) in [7, 11) is 0. The van der Waals surface area contributed by atoms with Crippen LogP contribution in [0.15, 0.2) is 59.0 Å². The van der Waals surface area contributed by atoms with E-state index in [1.165, 1.54) is 15.9 Å². The van der Waals surface area contributed by atoms with Crippen LogP contribution in [0.1, 0.15) is 45.8 Å². The van der Waals surface area contributed by atoms with Crippen LogP contribution >= 0.6 is 11.3 Å². The smallest absolute Gasteiger partial charge is 0.268 e. The Morgan fingerprint density at radius 3 is 2.69 bits per heavy atom. The van der Waals surface area contributed by atoms with Gasteiger partial charge in [0.2, 0.25) is 0 Å². The molecule has 4 aromatic rings. The number of amides is 1. The Kier molecular flexibility index (Phi) is 5.45. The van der Waals surface area contributed by atoms with Gasteiger partial charge in [0, 0.05) is 23.8 Å². The van der Waals surface area contributed by atoms with Crippen LogP contribution in [0, 0.1) is 0 Å². The molecule has 1 saturated carbocycles. The second kappa shape index (κ2) is 8.55. The van der Waals surface area contributed by atoms with E-state index in [4.69, 9.17) is 0 Å². The number of carbonyl (C=O) groups is 1. The molecule has 5 rings (SSSR count). The summed E-state index contributed by atoms with van der Waals surface area (Å²) in [5, 5.41) is 16.3. The quantitative estimate of drug-likeness (QED) is 0.473. The molecule has 2 N–H and O–H groups in total. The molecule has 0 atom stereocenters. The van der Waals surface area contributed by atoms with Gasteiger partial charge in [0.05, 0.1) is 12.1 Å². The van der Waals surface area contributed by atoms with Crippen molar-refractivity contribution in [3.8, 4) is 5.75 Å². The van der Waals surface area contributed by atoms with Crippen molar-refractivity contribution in [3.63, 3.8) is 0 Å². The summed E-state index contributed by atoms with van der Waals surface area (Å²) in [5.74, 6) is -0.925. The minimum Gasteiger partial charge on any atom is -0.505 e. The minimum atomic E-state index is -0.554. The largest absolute Gasteiger partial charge is 0.505 e. The van der Waals surface area contributed by atoms with E-state index >= 15 is 0 Å². The third kappa shape index (κ3) is 3.89. The van der Waals surface area contributed by atoms with Crippen molar-refractivity contribution in [2.75, 3.05) is 0 Å². The van der Waals surface area contributed by atoms with Gasteiger partial charge < -0.3 is 10.4 Å². The Morgan fingerprint density at radius 1 is 1.19 bits per heavy atom. The van der Waals surface area contributed by atoms with Crippen molar-refractivity contribution in [1.29, 1.82) is 0 Å². The molecule has 1 fully saturated rings. The first kappa shape index (κ1) is 20.4. The lowest BCUT2D eigenvalue weighted by Crippen LogP contribution is -2.42. The molecule has 0 unspecified atom stereocenters. The van der Waals surface area contributed by atoms with Crippen LogP contribution in [-0.4, -0.2) is 31.6 Å². The second-order valence-electron chi connectivity index (χ2n) is 8.02. The standard InChI is InChI=1S/C24H22N4O3S/c29-22-20(23(30)27-17-7-4-8-17)24(31)28(14-19-25-9-10-32-19)18-12-16(13-26-21(18)22)11-15-5-2-1-3-6-15/h1-3,5-6,9-10,12-13,17,29H,4,7-8,11,14H2,(H,27,30). The summed E-state index contributed by atoms with van der Waals surface area (Å²) in [5.41, 5.74) is 1.93. The molecule has 1 aliphatic carbocycles. The van der Waals surface area contributed by atoms with E-state index in [1.807, 2.05) is 41.8 Å². The van der Waals surface area contributed by atoms with E-state index in [0.29, 0.717) is 11.9 Å². The Balaban J connectivity index is 1.63. The van der Waals surface area contributed by atoms with Crippen molar-refractivity contribution in [2.24, 2.45) is 0 Å². The molecule has 7 nitrogen and oxygen atoms in total. The molecule has 1 aromatic carbocycles. The molecule has 0 spiro atoms. The number of nitrogens with zero attached hydrogens (tertiary/aromatic N) is 3. The SMILES string of the molecule is O=C(NC1CCC1)c1c(O)c2ncc(Cc3ccccc3)cc2n(Cc2nccs2)c1=O. The van der Waals surface area contributed by atoms with E-state index in [2.05, 4.69) is 15.3 Å². The second-order valence-corrected chi connectivity index (χ2v) is 8.99. The van der Waals surface area contributed by atoms with Crippen molar-refractivity contribution in [2.45, 2.75) is 38.3 Å². The summed E-state index contributed by atoms with van der Waals surface area (Å²) in [6, 6.07) is 11.9. The molecule has 0 aliphatic heterocycles. The van der Waals surface area contributed by atoms with Gasteiger partial charge in [-0.1, -0.05) is 30.3 Å². The van der Waals surface area contributed by atoms with E-state index in [0.717, 1.165) is 35.4 Å². The number of hydrogen-bond acceptors (Lipinski definition) is 6. The van der Waals surface area contributed by atoms with E-state index in [9.17, 15) is 14.7 Å². The maximum atomic E-state index is 13.4. The first-order chi connectivity index (χ1) is 15.6. The molecule has 32 heavy (non-hydrogen) atoms. The average Bonchev–Trinajstić information content (AvgIpc) is 3.28. The minimum absolute atomic E-state index is 0.0469. The molecule has 0 radical (unpaired) electrons. The van der Waals surface area contributed by atoms with Gasteiger partial charge in [-0.25, -0.2) is 4.98 Å². The lowest BCUT2D eigenvalue weighted by molar-refractivity contribution is 0.0912. The average molecular weight is 447 g/mol. The zero-order valence-electron chi connectivity index (χ0n) is 17.3. The lowest BCUT2D eigenvalue weighted by Gasteiger charge is -2.26. The summed E-state index contributed by atoms with van der Waals surface area (Å²) in [6.07, 6.45) is 6.81. The summed E-state index contributed by atoms with van der Waals surface area (Å²) >= 11 is 1.43. The summed E-state index contributed by atoms with van der Waals surface area (Å²) in [6.45, 7) is 0.202. The highest BCUT2D eigenvalue weighted by Crippen LogP contribution is 2.27. The van der Waals surface area contributed by atoms with Crippen LogP contribution in [-0.2, 0) is 13.0 Å². The fourth-order valence-corrected chi connectivity index (χ4v) is 4.52. The number of nitrogens with one attached hydrogen (secondary N) is 1. The van der Waals surface area contributed by atoms with E-state index in [1.54, 1.807) is 12.4 Å². The number of hydrogen-bond donors (Lipinski definition) is 2. The number of rotatable bonds is 6. The molecule has 1 aliphatic rings. The van der Waals surface area contributed by atoms with Gasteiger partial charge in [0.1, 0.15) is 16.1 Å². The molecule has 3 aromatic heterocycles. The Morgan fingerprint density at radius 2 is 2.00 bits per heavy atom. The Labute approximate surface area is 188 Å². The number of aromatic nitrogens is 3. The molecule has 0 bridgehead atoms. The highest BCUT2D eigenvalue weighted by molar-refractivity contribution is 7.09. The lowest BCUT2D eigenvalue weighted by atomic mass is 9.93. The highest BCUT2D eigenvalue weighted by Gasteiger charge is 2.27. The predicted molar refractivity (Wildman–Crippen MR) is 123 cm³/mol.